The van der Waals surface area contributed by atoms with Gasteiger partial charge >= 0.3 is 0 Å². The molecule has 3 nitrogen and oxygen atoms in total. The van der Waals surface area contributed by atoms with Gasteiger partial charge in [0, 0.05) is 5.39 Å². The summed E-state index contributed by atoms with van der Waals surface area (Å²) in [4.78, 5) is 4.22. The van der Waals surface area contributed by atoms with E-state index in [4.69, 9.17) is 10.5 Å². The number of benzene rings is 1. The van der Waals surface area contributed by atoms with E-state index in [1.165, 1.54) is 0 Å². The molecule has 0 bridgehead atoms. The monoisotopic (exact) mass is 202 g/mol. The molecule has 0 aliphatic heterocycles. The van der Waals surface area contributed by atoms with Crippen LogP contribution in [0.25, 0.3) is 10.9 Å². The lowest BCUT2D eigenvalue weighted by molar-refractivity contribution is 0.318. The lowest BCUT2D eigenvalue weighted by Gasteiger charge is -2.05. The largest absolute Gasteiger partial charge is 0.494 e. The Morgan fingerprint density at radius 1 is 1.27 bits per heavy atom. The summed E-state index contributed by atoms with van der Waals surface area (Å²) in [7, 11) is 0. The van der Waals surface area contributed by atoms with Gasteiger partial charge in [-0.1, -0.05) is 6.92 Å². The molecule has 1 heterocycles. The standard InChI is InChI=1S/C12H14N2O/c1-2-7-15-10-4-5-11-9(8-10)3-6-12(13)14-11/h3-6,8H,2,7H2,1H3,(H2,13,14). The van der Waals surface area contributed by atoms with Gasteiger partial charge in [-0.25, -0.2) is 4.98 Å². The Morgan fingerprint density at radius 3 is 2.93 bits per heavy atom. The van der Waals surface area contributed by atoms with Crippen LogP contribution in [0.5, 0.6) is 5.75 Å². The van der Waals surface area contributed by atoms with E-state index in [1.54, 1.807) is 6.07 Å². The molecule has 0 atom stereocenters. The molecule has 0 fully saturated rings. The Morgan fingerprint density at radius 2 is 2.13 bits per heavy atom. The fourth-order valence-electron chi connectivity index (χ4n) is 1.43. The van der Waals surface area contributed by atoms with Gasteiger partial charge in [0.1, 0.15) is 11.6 Å². The number of aromatic nitrogens is 1. The molecule has 0 saturated carbocycles. The normalized spacial score (nSPS) is 10.5. The third-order valence-corrected chi connectivity index (χ3v) is 2.16. The zero-order valence-electron chi connectivity index (χ0n) is 8.73. The number of nitrogen functional groups attached to an aromatic ring is 1. The zero-order chi connectivity index (χ0) is 10.7. The summed E-state index contributed by atoms with van der Waals surface area (Å²) in [5.41, 5.74) is 6.50. The van der Waals surface area contributed by atoms with Gasteiger partial charge in [-0.2, -0.15) is 0 Å². The summed E-state index contributed by atoms with van der Waals surface area (Å²) < 4.78 is 5.53. The minimum atomic E-state index is 0.546. The summed E-state index contributed by atoms with van der Waals surface area (Å²) in [6, 6.07) is 9.58. The number of ether oxygens (including phenoxy) is 1. The molecule has 0 spiro atoms. The van der Waals surface area contributed by atoms with Gasteiger partial charge < -0.3 is 10.5 Å². The minimum absolute atomic E-state index is 0.546. The molecule has 0 amide bonds. The number of rotatable bonds is 3. The Labute approximate surface area is 88.9 Å². The third-order valence-electron chi connectivity index (χ3n) is 2.16. The minimum Gasteiger partial charge on any atom is -0.494 e. The van der Waals surface area contributed by atoms with Crippen LogP contribution in [0, 0.1) is 0 Å². The van der Waals surface area contributed by atoms with Crippen molar-refractivity contribution in [2.75, 3.05) is 12.3 Å². The molecule has 0 radical (unpaired) electrons. The number of pyridine rings is 1. The molecule has 2 N–H and O–H groups in total. The first-order valence-corrected chi connectivity index (χ1v) is 5.08. The zero-order valence-corrected chi connectivity index (χ0v) is 8.73. The average Bonchev–Trinajstić information content (AvgIpc) is 2.26. The molecule has 2 rings (SSSR count). The highest BCUT2D eigenvalue weighted by atomic mass is 16.5. The lowest BCUT2D eigenvalue weighted by Crippen LogP contribution is -1.95. The van der Waals surface area contributed by atoms with Crippen molar-refractivity contribution >= 4 is 16.7 Å². The highest BCUT2D eigenvalue weighted by Crippen LogP contribution is 2.20. The number of fused-ring (bicyclic) bond motifs is 1. The van der Waals surface area contributed by atoms with Crippen LogP contribution in [0.15, 0.2) is 30.3 Å². The molecule has 78 valence electrons. The summed E-state index contributed by atoms with van der Waals surface area (Å²) >= 11 is 0. The van der Waals surface area contributed by atoms with E-state index in [0.717, 1.165) is 29.7 Å². The van der Waals surface area contributed by atoms with Crippen LogP contribution in [0.1, 0.15) is 13.3 Å². The van der Waals surface area contributed by atoms with Gasteiger partial charge in [-0.15, -0.1) is 0 Å². The molecule has 2 aromatic rings. The first-order chi connectivity index (χ1) is 7.29. The molecule has 1 aromatic carbocycles. The summed E-state index contributed by atoms with van der Waals surface area (Å²) in [5.74, 6) is 1.43. The topological polar surface area (TPSA) is 48.1 Å². The molecular formula is C12H14N2O. The smallest absolute Gasteiger partial charge is 0.124 e. The van der Waals surface area contributed by atoms with Crippen LogP contribution >= 0.6 is 0 Å². The van der Waals surface area contributed by atoms with E-state index >= 15 is 0 Å². The quantitative estimate of drug-likeness (QED) is 0.832. The highest BCUT2D eigenvalue weighted by molar-refractivity contribution is 5.81. The summed E-state index contributed by atoms with van der Waals surface area (Å²) in [6.07, 6.45) is 1.01. The van der Waals surface area contributed by atoms with E-state index in [9.17, 15) is 0 Å². The van der Waals surface area contributed by atoms with Gasteiger partial charge in [-0.3, -0.25) is 0 Å². The van der Waals surface area contributed by atoms with Gasteiger partial charge in [0.05, 0.1) is 12.1 Å². The van der Waals surface area contributed by atoms with E-state index in [0.29, 0.717) is 5.82 Å². The molecule has 0 saturated heterocycles. The van der Waals surface area contributed by atoms with Gasteiger partial charge in [-0.05, 0) is 36.8 Å². The molecule has 0 aliphatic rings. The maximum atomic E-state index is 5.60. The second kappa shape index (κ2) is 4.17. The molecular weight excluding hydrogens is 188 g/mol. The fraction of sp³-hybridized carbons (Fsp3) is 0.250. The summed E-state index contributed by atoms with van der Waals surface area (Å²) in [6.45, 7) is 2.83. The number of nitrogens with zero attached hydrogens (tertiary/aromatic N) is 1. The molecule has 0 unspecified atom stereocenters. The van der Waals surface area contributed by atoms with Crippen LogP contribution in [0.4, 0.5) is 5.82 Å². The fourth-order valence-corrected chi connectivity index (χ4v) is 1.43. The van der Waals surface area contributed by atoms with Crippen LogP contribution in [0.2, 0.25) is 0 Å². The molecule has 0 aliphatic carbocycles. The molecule has 15 heavy (non-hydrogen) atoms. The van der Waals surface area contributed by atoms with Gasteiger partial charge in [0.15, 0.2) is 0 Å². The van der Waals surface area contributed by atoms with Gasteiger partial charge in [0.25, 0.3) is 0 Å². The number of nitrogens with two attached hydrogens (primary N) is 1. The third kappa shape index (κ3) is 2.18. The van der Waals surface area contributed by atoms with Crippen molar-refractivity contribution < 1.29 is 4.74 Å². The second-order valence-electron chi connectivity index (χ2n) is 3.44. The number of anilines is 1. The van der Waals surface area contributed by atoms with Crippen LogP contribution in [-0.2, 0) is 0 Å². The summed E-state index contributed by atoms with van der Waals surface area (Å²) in [5, 5.41) is 1.05. The maximum Gasteiger partial charge on any atom is 0.124 e. The van der Waals surface area contributed by atoms with E-state index < -0.39 is 0 Å². The van der Waals surface area contributed by atoms with Crippen LogP contribution in [-0.4, -0.2) is 11.6 Å². The van der Waals surface area contributed by atoms with Crippen molar-refractivity contribution in [1.29, 1.82) is 0 Å². The molecule has 1 aromatic heterocycles. The van der Waals surface area contributed by atoms with Crippen molar-refractivity contribution in [3.8, 4) is 5.75 Å². The van der Waals surface area contributed by atoms with Crippen LogP contribution in [0.3, 0.4) is 0 Å². The first-order valence-electron chi connectivity index (χ1n) is 5.08. The number of hydrogen-bond donors (Lipinski definition) is 1. The van der Waals surface area contributed by atoms with Gasteiger partial charge in [0.2, 0.25) is 0 Å². The Bertz CT molecular complexity index is 468. The Kier molecular flexibility index (Phi) is 2.72. The lowest BCUT2D eigenvalue weighted by atomic mass is 10.2. The predicted octanol–water partition coefficient (Wildman–Crippen LogP) is 2.61. The van der Waals surface area contributed by atoms with E-state index in [2.05, 4.69) is 11.9 Å². The van der Waals surface area contributed by atoms with Crippen LogP contribution < -0.4 is 10.5 Å². The van der Waals surface area contributed by atoms with Crippen molar-refractivity contribution in [1.82, 2.24) is 4.98 Å². The first kappa shape index (κ1) is 9.77. The van der Waals surface area contributed by atoms with Crippen molar-refractivity contribution in [3.63, 3.8) is 0 Å². The Hall–Kier alpha value is -1.77. The van der Waals surface area contributed by atoms with E-state index in [1.807, 2.05) is 24.3 Å². The van der Waals surface area contributed by atoms with Crippen molar-refractivity contribution in [2.45, 2.75) is 13.3 Å². The highest BCUT2D eigenvalue weighted by Gasteiger charge is 1.98. The average molecular weight is 202 g/mol. The van der Waals surface area contributed by atoms with E-state index in [-0.39, 0.29) is 0 Å². The Balaban J connectivity index is 2.34. The van der Waals surface area contributed by atoms with Crippen molar-refractivity contribution in [3.05, 3.63) is 30.3 Å². The molecule has 3 heteroatoms. The number of hydrogen-bond acceptors (Lipinski definition) is 3. The second-order valence-corrected chi connectivity index (χ2v) is 3.44. The predicted molar refractivity (Wildman–Crippen MR) is 61.9 cm³/mol. The van der Waals surface area contributed by atoms with Crippen molar-refractivity contribution in [2.24, 2.45) is 0 Å². The SMILES string of the molecule is CCCOc1ccc2nc(N)ccc2c1. The maximum absolute atomic E-state index is 5.60.